The molecule has 2 aromatic heterocycles. The van der Waals surface area contributed by atoms with E-state index in [-0.39, 0.29) is 17.6 Å². The Balaban J connectivity index is 1.98. The first-order chi connectivity index (χ1) is 10.5. The van der Waals surface area contributed by atoms with Gasteiger partial charge in [0.25, 0.3) is 0 Å². The lowest BCUT2D eigenvalue weighted by Gasteiger charge is -2.15. The van der Waals surface area contributed by atoms with Crippen LogP contribution in [0.4, 0.5) is 5.88 Å². The summed E-state index contributed by atoms with van der Waals surface area (Å²) in [5.41, 5.74) is 0.931. The highest BCUT2D eigenvalue weighted by Gasteiger charge is 2.12. The summed E-state index contributed by atoms with van der Waals surface area (Å²) in [6, 6.07) is 4.54. The van der Waals surface area contributed by atoms with Crippen LogP contribution in [0, 0.1) is 10.1 Å². The van der Waals surface area contributed by atoms with Crippen molar-refractivity contribution < 1.29 is 14.1 Å². The Bertz CT molecular complexity index is 701. The number of rotatable bonds is 6. The molecule has 22 heavy (non-hydrogen) atoms. The van der Waals surface area contributed by atoms with Crippen LogP contribution >= 0.6 is 0 Å². The molecule has 0 aliphatic rings. The lowest BCUT2D eigenvalue weighted by atomic mass is 10.3. The zero-order chi connectivity index (χ0) is 16.1. The Morgan fingerprint density at radius 2 is 2.27 bits per heavy atom. The Labute approximate surface area is 126 Å². The fourth-order valence-electron chi connectivity index (χ4n) is 1.91. The van der Waals surface area contributed by atoms with E-state index in [1.54, 1.807) is 13.2 Å². The first-order valence-corrected chi connectivity index (χ1v) is 6.69. The highest BCUT2D eigenvalue weighted by atomic mass is 16.6. The highest BCUT2D eigenvalue weighted by Crippen LogP contribution is 2.16. The van der Waals surface area contributed by atoms with Gasteiger partial charge in [0.15, 0.2) is 0 Å². The zero-order valence-electron chi connectivity index (χ0n) is 12.3. The third-order valence-corrected chi connectivity index (χ3v) is 3.06. The minimum Gasteiger partial charge on any atom is -0.401 e. The maximum atomic E-state index is 12.0. The fraction of sp³-hybridized carbons (Fsp3) is 0.286. The monoisotopic (exact) mass is 304 g/mol. The van der Waals surface area contributed by atoms with E-state index in [1.807, 2.05) is 17.7 Å². The zero-order valence-corrected chi connectivity index (χ0v) is 12.3. The van der Waals surface area contributed by atoms with Crippen LogP contribution < -0.4 is 0 Å². The molecule has 2 rings (SSSR count). The van der Waals surface area contributed by atoms with Gasteiger partial charge in [-0.05, 0) is 25.1 Å². The predicted octanol–water partition coefficient (Wildman–Crippen LogP) is 2.08. The van der Waals surface area contributed by atoms with Crippen LogP contribution in [0.25, 0.3) is 6.08 Å². The summed E-state index contributed by atoms with van der Waals surface area (Å²) in [6.07, 6.45) is 4.41. The van der Waals surface area contributed by atoms with Crippen molar-refractivity contribution in [3.63, 3.8) is 0 Å². The molecule has 116 valence electrons. The van der Waals surface area contributed by atoms with Gasteiger partial charge in [-0.2, -0.15) is 5.10 Å². The second kappa shape index (κ2) is 6.70. The molecule has 0 fully saturated rings. The summed E-state index contributed by atoms with van der Waals surface area (Å²) >= 11 is 0. The standard InChI is InChI=1S/C14H16N4O4/c1-3-17-11(8-9-15-17)10-16(2)13(19)6-4-12-5-7-14(22-12)18(20)21/h4-9H,3,10H2,1-2H3/b6-4+. The second-order valence-electron chi connectivity index (χ2n) is 4.60. The summed E-state index contributed by atoms with van der Waals surface area (Å²) < 4.78 is 6.76. The van der Waals surface area contributed by atoms with Crippen molar-refractivity contribution in [1.82, 2.24) is 14.7 Å². The van der Waals surface area contributed by atoms with Gasteiger partial charge in [0, 0.05) is 25.9 Å². The lowest BCUT2D eigenvalue weighted by molar-refractivity contribution is -0.402. The van der Waals surface area contributed by atoms with Crippen molar-refractivity contribution in [3.05, 3.63) is 52.0 Å². The first kappa shape index (κ1) is 15.5. The van der Waals surface area contributed by atoms with Crippen LogP contribution in [-0.2, 0) is 17.9 Å². The van der Waals surface area contributed by atoms with Gasteiger partial charge in [-0.15, -0.1) is 0 Å². The van der Waals surface area contributed by atoms with E-state index in [0.717, 1.165) is 12.2 Å². The average Bonchev–Trinajstić information content (AvgIpc) is 3.13. The van der Waals surface area contributed by atoms with Crippen LogP contribution in [0.5, 0.6) is 0 Å². The molecular formula is C14H16N4O4. The molecule has 0 bridgehead atoms. The number of nitrogens with zero attached hydrogens (tertiary/aromatic N) is 4. The van der Waals surface area contributed by atoms with Crippen LogP contribution in [-0.4, -0.2) is 32.6 Å². The molecule has 1 amide bonds. The largest absolute Gasteiger partial charge is 0.433 e. The van der Waals surface area contributed by atoms with E-state index >= 15 is 0 Å². The predicted molar refractivity (Wildman–Crippen MR) is 78.8 cm³/mol. The van der Waals surface area contributed by atoms with Crippen LogP contribution in [0.15, 0.2) is 34.9 Å². The lowest BCUT2D eigenvalue weighted by Crippen LogP contribution is -2.25. The van der Waals surface area contributed by atoms with Gasteiger partial charge in [0.2, 0.25) is 5.91 Å². The Morgan fingerprint density at radius 3 is 2.91 bits per heavy atom. The molecule has 8 nitrogen and oxygen atoms in total. The van der Waals surface area contributed by atoms with Crippen molar-refractivity contribution in [2.45, 2.75) is 20.0 Å². The third kappa shape index (κ3) is 3.60. The molecule has 0 saturated heterocycles. The van der Waals surface area contributed by atoms with Gasteiger partial charge in [0.1, 0.15) is 10.7 Å². The number of carbonyl (C=O) groups is 1. The minimum atomic E-state index is -0.628. The molecule has 2 heterocycles. The van der Waals surface area contributed by atoms with Crippen LogP contribution in [0.3, 0.4) is 0 Å². The number of hydrogen-bond acceptors (Lipinski definition) is 5. The first-order valence-electron chi connectivity index (χ1n) is 6.69. The van der Waals surface area contributed by atoms with Crippen molar-refractivity contribution in [1.29, 1.82) is 0 Å². The van der Waals surface area contributed by atoms with E-state index in [0.29, 0.717) is 6.54 Å². The van der Waals surface area contributed by atoms with Crippen molar-refractivity contribution in [3.8, 4) is 0 Å². The summed E-state index contributed by atoms with van der Waals surface area (Å²) in [4.78, 5) is 23.4. The number of carbonyl (C=O) groups excluding carboxylic acids is 1. The molecule has 0 aromatic carbocycles. The van der Waals surface area contributed by atoms with Crippen molar-refractivity contribution in [2.75, 3.05) is 7.05 Å². The number of likely N-dealkylation sites (N-methyl/N-ethyl adjacent to an activating group) is 1. The van der Waals surface area contributed by atoms with Gasteiger partial charge in [-0.3, -0.25) is 19.6 Å². The average molecular weight is 304 g/mol. The molecule has 0 unspecified atom stereocenters. The van der Waals surface area contributed by atoms with Gasteiger partial charge in [-0.25, -0.2) is 0 Å². The topological polar surface area (TPSA) is 94.4 Å². The third-order valence-electron chi connectivity index (χ3n) is 3.06. The number of amides is 1. The van der Waals surface area contributed by atoms with E-state index in [1.165, 1.54) is 29.2 Å². The Hall–Kier alpha value is -2.90. The molecule has 0 aliphatic carbocycles. The molecule has 0 aliphatic heterocycles. The van der Waals surface area contributed by atoms with E-state index in [9.17, 15) is 14.9 Å². The maximum Gasteiger partial charge on any atom is 0.433 e. The minimum absolute atomic E-state index is 0.233. The summed E-state index contributed by atoms with van der Waals surface area (Å²) in [5, 5.41) is 14.6. The number of nitro groups is 1. The molecule has 0 spiro atoms. The SMILES string of the molecule is CCn1nccc1CN(C)C(=O)/C=C/c1ccc([N+](=O)[O-])o1. The summed E-state index contributed by atoms with van der Waals surface area (Å²) in [5.74, 6) is -0.331. The molecule has 0 saturated carbocycles. The maximum absolute atomic E-state index is 12.0. The fourth-order valence-corrected chi connectivity index (χ4v) is 1.91. The van der Waals surface area contributed by atoms with E-state index in [2.05, 4.69) is 5.10 Å². The molecule has 0 atom stereocenters. The van der Waals surface area contributed by atoms with Crippen molar-refractivity contribution >= 4 is 17.9 Å². The highest BCUT2D eigenvalue weighted by molar-refractivity contribution is 5.91. The second-order valence-corrected chi connectivity index (χ2v) is 4.60. The van der Waals surface area contributed by atoms with Gasteiger partial charge >= 0.3 is 5.88 Å². The quantitative estimate of drug-likeness (QED) is 0.462. The van der Waals surface area contributed by atoms with Gasteiger partial charge in [-0.1, -0.05) is 0 Å². The molecule has 8 heteroatoms. The van der Waals surface area contributed by atoms with Crippen molar-refractivity contribution in [2.24, 2.45) is 0 Å². The number of furan rings is 1. The van der Waals surface area contributed by atoms with Gasteiger partial charge in [0.05, 0.1) is 18.3 Å². The molecule has 2 aromatic rings. The molecular weight excluding hydrogens is 288 g/mol. The van der Waals surface area contributed by atoms with E-state index in [4.69, 9.17) is 4.42 Å². The molecule has 0 radical (unpaired) electrons. The summed E-state index contributed by atoms with van der Waals surface area (Å²) in [7, 11) is 1.67. The Kier molecular flexibility index (Phi) is 4.72. The normalized spacial score (nSPS) is 11.0. The number of hydrogen-bond donors (Lipinski definition) is 0. The van der Waals surface area contributed by atoms with Crippen LogP contribution in [0.2, 0.25) is 0 Å². The summed E-state index contributed by atoms with van der Waals surface area (Å²) in [6.45, 7) is 3.13. The smallest absolute Gasteiger partial charge is 0.401 e. The van der Waals surface area contributed by atoms with Gasteiger partial charge < -0.3 is 9.32 Å². The molecule has 0 N–H and O–H groups in total. The van der Waals surface area contributed by atoms with Crippen LogP contribution in [0.1, 0.15) is 18.4 Å². The Morgan fingerprint density at radius 1 is 1.50 bits per heavy atom. The number of aryl methyl sites for hydroxylation is 1. The van der Waals surface area contributed by atoms with E-state index < -0.39 is 4.92 Å². The number of aromatic nitrogens is 2.